The fourth-order valence-corrected chi connectivity index (χ4v) is 3.28. The summed E-state index contributed by atoms with van der Waals surface area (Å²) < 4.78 is 3.36. The largest absolute Gasteiger partial charge is 0.368 e. The second-order valence-electron chi connectivity index (χ2n) is 6.36. The molecule has 0 saturated heterocycles. The highest BCUT2D eigenvalue weighted by molar-refractivity contribution is 5.93. The average Bonchev–Trinajstić information content (AvgIpc) is 3.35. The van der Waals surface area contributed by atoms with Crippen molar-refractivity contribution in [2.75, 3.05) is 5.73 Å². The molecule has 0 saturated carbocycles. The Hall–Kier alpha value is -4.32. The first-order valence-electron chi connectivity index (χ1n) is 8.45. The zero-order valence-electron chi connectivity index (χ0n) is 14.8. The van der Waals surface area contributed by atoms with Crippen LogP contribution in [0.3, 0.4) is 0 Å². The van der Waals surface area contributed by atoms with Gasteiger partial charge in [0.05, 0.1) is 40.3 Å². The zero-order valence-corrected chi connectivity index (χ0v) is 14.8. The summed E-state index contributed by atoms with van der Waals surface area (Å²) in [5.41, 5.74) is 12.1. The Morgan fingerprint density at radius 1 is 1.07 bits per heavy atom. The predicted molar refractivity (Wildman–Crippen MR) is 103 cm³/mol. The summed E-state index contributed by atoms with van der Waals surface area (Å²) in [5.74, 6) is 0.185. The van der Waals surface area contributed by atoms with E-state index in [1.54, 1.807) is 18.5 Å². The van der Waals surface area contributed by atoms with Crippen LogP contribution in [-0.4, -0.2) is 34.6 Å². The monoisotopic (exact) mass is 367 g/mol. The lowest BCUT2D eigenvalue weighted by Crippen LogP contribution is -2.06. The average molecular weight is 367 g/mol. The van der Waals surface area contributed by atoms with Gasteiger partial charge in [0.15, 0.2) is 5.65 Å². The normalized spacial score (nSPS) is 11.1. The van der Waals surface area contributed by atoms with E-state index in [1.165, 1.54) is 4.52 Å². The maximum atomic E-state index is 9.07. The van der Waals surface area contributed by atoms with E-state index in [9.17, 15) is 0 Å². The van der Waals surface area contributed by atoms with E-state index in [0.717, 1.165) is 27.7 Å². The Labute approximate surface area is 158 Å². The molecule has 9 heteroatoms. The number of aromatic nitrogens is 7. The van der Waals surface area contributed by atoms with Gasteiger partial charge < -0.3 is 10.3 Å². The van der Waals surface area contributed by atoms with E-state index in [-0.39, 0.29) is 5.95 Å². The number of imidazole rings is 1. The molecule has 0 amide bonds. The maximum absolute atomic E-state index is 9.07. The summed E-state index contributed by atoms with van der Waals surface area (Å²) in [7, 11) is 1.94. The smallest absolute Gasteiger partial charge is 0.225 e. The van der Waals surface area contributed by atoms with Gasteiger partial charge in [0.1, 0.15) is 0 Å². The minimum Gasteiger partial charge on any atom is -0.368 e. The number of nitriles is 1. The van der Waals surface area contributed by atoms with Crippen LogP contribution in [0.1, 0.15) is 5.56 Å². The quantitative estimate of drug-likeness (QED) is 0.507. The number of aryl methyl sites for hydroxylation is 1. The van der Waals surface area contributed by atoms with Crippen molar-refractivity contribution in [3.8, 4) is 28.5 Å². The van der Waals surface area contributed by atoms with Crippen LogP contribution in [0.5, 0.6) is 0 Å². The van der Waals surface area contributed by atoms with E-state index in [0.29, 0.717) is 16.9 Å². The van der Waals surface area contributed by atoms with E-state index in [4.69, 9.17) is 11.0 Å². The molecule has 0 aliphatic carbocycles. The number of nitrogens with zero attached hydrogens (tertiary/aromatic N) is 8. The van der Waals surface area contributed by atoms with Crippen molar-refractivity contribution in [3.63, 3.8) is 0 Å². The van der Waals surface area contributed by atoms with Crippen molar-refractivity contribution < 1.29 is 0 Å². The maximum Gasteiger partial charge on any atom is 0.225 e. The van der Waals surface area contributed by atoms with Gasteiger partial charge in [-0.2, -0.15) is 9.78 Å². The third-order valence-electron chi connectivity index (χ3n) is 4.67. The lowest BCUT2D eigenvalue weighted by molar-refractivity contribution is 0.820. The van der Waals surface area contributed by atoms with Crippen molar-refractivity contribution in [1.82, 2.24) is 34.6 Å². The first-order chi connectivity index (χ1) is 13.7. The fourth-order valence-electron chi connectivity index (χ4n) is 3.28. The second kappa shape index (κ2) is 5.85. The van der Waals surface area contributed by atoms with Crippen molar-refractivity contribution in [1.29, 1.82) is 5.26 Å². The van der Waals surface area contributed by atoms with Gasteiger partial charge in [-0.3, -0.25) is 0 Å². The minimum absolute atomic E-state index is 0.185. The van der Waals surface area contributed by atoms with Crippen LogP contribution in [0.25, 0.3) is 39.1 Å². The van der Waals surface area contributed by atoms with E-state index in [1.807, 2.05) is 41.9 Å². The first kappa shape index (κ1) is 15.9. The molecule has 9 nitrogen and oxygen atoms in total. The van der Waals surface area contributed by atoms with Crippen LogP contribution in [0, 0.1) is 11.3 Å². The zero-order chi connectivity index (χ0) is 19.3. The molecular weight excluding hydrogens is 354 g/mol. The minimum atomic E-state index is 0.185. The Morgan fingerprint density at radius 2 is 1.86 bits per heavy atom. The Morgan fingerprint density at radius 3 is 2.64 bits per heavy atom. The number of hydrogen-bond donors (Lipinski definition) is 1. The SMILES string of the molecule is Cn1cnc2ccc(-c3c(-c4ccc(C#N)cc4)nc(N)n4nnnc34)cc21. The summed E-state index contributed by atoms with van der Waals surface area (Å²) >= 11 is 0. The molecule has 0 spiro atoms. The van der Waals surface area contributed by atoms with Gasteiger partial charge in [-0.1, -0.05) is 18.2 Å². The molecule has 0 aliphatic heterocycles. The Balaban J connectivity index is 1.84. The van der Waals surface area contributed by atoms with Crippen LogP contribution in [0.15, 0.2) is 48.8 Å². The Bertz CT molecular complexity index is 1390. The molecule has 5 rings (SSSR count). The molecule has 0 atom stereocenters. The number of tetrazole rings is 1. The van der Waals surface area contributed by atoms with Crippen LogP contribution in [0.2, 0.25) is 0 Å². The third-order valence-corrected chi connectivity index (χ3v) is 4.67. The van der Waals surface area contributed by atoms with Crippen molar-refractivity contribution >= 4 is 22.6 Å². The van der Waals surface area contributed by atoms with Gasteiger partial charge >= 0.3 is 0 Å². The molecule has 2 aromatic carbocycles. The molecule has 5 aromatic rings. The van der Waals surface area contributed by atoms with Crippen molar-refractivity contribution in [2.24, 2.45) is 7.05 Å². The number of benzene rings is 2. The number of hydrogen-bond acceptors (Lipinski definition) is 7. The molecule has 3 aromatic heterocycles. The van der Waals surface area contributed by atoms with Gasteiger partial charge in [0.2, 0.25) is 5.95 Å². The molecule has 0 radical (unpaired) electrons. The van der Waals surface area contributed by atoms with Gasteiger partial charge in [0.25, 0.3) is 0 Å². The molecule has 0 bridgehead atoms. The topological polar surface area (TPSA) is 124 Å². The molecular formula is C19H13N9. The highest BCUT2D eigenvalue weighted by Gasteiger charge is 2.19. The van der Waals surface area contributed by atoms with Gasteiger partial charge in [0, 0.05) is 12.6 Å². The molecule has 0 aliphatic rings. The van der Waals surface area contributed by atoms with E-state index < -0.39 is 0 Å². The molecule has 134 valence electrons. The third kappa shape index (κ3) is 2.29. The second-order valence-corrected chi connectivity index (χ2v) is 6.36. The molecule has 3 heterocycles. The number of nitrogen functional groups attached to an aromatic ring is 1. The predicted octanol–water partition coefficient (Wildman–Crippen LogP) is 2.19. The molecule has 0 fully saturated rings. The van der Waals surface area contributed by atoms with E-state index >= 15 is 0 Å². The Kier molecular flexibility index (Phi) is 3.32. The van der Waals surface area contributed by atoms with Crippen LogP contribution in [-0.2, 0) is 7.05 Å². The van der Waals surface area contributed by atoms with Gasteiger partial charge in [-0.25, -0.2) is 9.97 Å². The summed E-state index contributed by atoms with van der Waals surface area (Å²) in [4.78, 5) is 8.93. The van der Waals surface area contributed by atoms with Crippen molar-refractivity contribution in [2.45, 2.75) is 0 Å². The first-order valence-corrected chi connectivity index (χ1v) is 8.45. The molecule has 2 N–H and O–H groups in total. The standard InChI is InChI=1S/C19H13N9/c1-27-10-22-14-7-6-13(8-15(14)27)16-17(12-4-2-11(9-20)3-5-12)23-19(21)28-18(16)24-25-26-28/h2-8,10H,1H3,(H2,21,23). The van der Waals surface area contributed by atoms with Crippen LogP contribution < -0.4 is 5.73 Å². The number of rotatable bonds is 2. The summed E-state index contributed by atoms with van der Waals surface area (Å²) in [6, 6.07) is 15.2. The summed E-state index contributed by atoms with van der Waals surface area (Å²) in [6.45, 7) is 0. The van der Waals surface area contributed by atoms with Crippen LogP contribution in [0.4, 0.5) is 5.95 Å². The van der Waals surface area contributed by atoms with Crippen LogP contribution >= 0.6 is 0 Å². The van der Waals surface area contributed by atoms with Crippen molar-refractivity contribution in [3.05, 3.63) is 54.4 Å². The lowest BCUT2D eigenvalue weighted by Gasteiger charge is -2.12. The van der Waals surface area contributed by atoms with E-state index in [2.05, 4.69) is 31.6 Å². The highest BCUT2D eigenvalue weighted by Crippen LogP contribution is 2.35. The van der Waals surface area contributed by atoms with Gasteiger partial charge in [-0.15, -0.1) is 5.10 Å². The summed E-state index contributed by atoms with van der Waals surface area (Å²) in [5, 5.41) is 21.0. The number of fused-ring (bicyclic) bond motifs is 2. The molecule has 0 unspecified atom stereocenters. The molecule has 28 heavy (non-hydrogen) atoms. The number of anilines is 1. The fraction of sp³-hybridized carbons (Fsp3) is 0.0526. The highest BCUT2D eigenvalue weighted by atomic mass is 15.5. The van der Waals surface area contributed by atoms with Gasteiger partial charge in [-0.05, 0) is 40.3 Å². The lowest BCUT2D eigenvalue weighted by atomic mass is 9.99. The number of nitrogens with two attached hydrogens (primary N) is 1. The summed E-state index contributed by atoms with van der Waals surface area (Å²) in [6.07, 6.45) is 1.77.